The number of hydrogen-bond acceptors (Lipinski definition) is 5. The summed E-state index contributed by atoms with van der Waals surface area (Å²) in [5, 5.41) is 14.7. The van der Waals surface area contributed by atoms with Crippen molar-refractivity contribution in [2.24, 2.45) is 4.99 Å². The monoisotopic (exact) mass is 374 g/mol. The van der Waals surface area contributed by atoms with E-state index in [-0.39, 0.29) is 0 Å². The number of nitrogens with one attached hydrogen (secondary N) is 2. The summed E-state index contributed by atoms with van der Waals surface area (Å²) in [6, 6.07) is 5.88. The average molecular weight is 374 g/mol. The Morgan fingerprint density at radius 1 is 1.19 bits per heavy atom. The van der Waals surface area contributed by atoms with Crippen LogP contribution in [0.1, 0.15) is 32.2 Å². The minimum absolute atomic E-state index is 0.548. The predicted molar refractivity (Wildman–Crippen MR) is 106 cm³/mol. The van der Waals surface area contributed by atoms with Crippen LogP contribution < -0.4 is 20.1 Å². The van der Waals surface area contributed by atoms with Gasteiger partial charge in [-0.2, -0.15) is 0 Å². The van der Waals surface area contributed by atoms with Gasteiger partial charge in [0, 0.05) is 26.1 Å². The van der Waals surface area contributed by atoms with Gasteiger partial charge in [0.15, 0.2) is 17.5 Å². The maximum atomic E-state index is 5.63. The van der Waals surface area contributed by atoms with E-state index in [1.807, 2.05) is 32.0 Å². The SMILES string of the molecule is CCNC(=NCc1ccc(OC)c(OCC)c1)NCCn1cnnc1CC. The van der Waals surface area contributed by atoms with Crippen molar-refractivity contribution >= 4 is 5.96 Å². The van der Waals surface area contributed by atoms with Crippen molar-refractivity contribution in [2.75, 3.05) is 26.8 Å². The van der Waals surface area contributed by atoms with E-state index in [0.717, 1.165) is 54.9 Å². The van der Waals surface area contributed by atoms with Crippen molar-refractivity contribution < 1.29 is 9.47 Å². The molecule has 0 aliphatic carbocycles. The van der Waals surface area contributed by atoms with Crippen LogP contribution in [0.15, 0.2) is 29.5 Å². The van der Waals surface area contributed by atoms with Gasteiger partial charge in [-0.05, 0) is 31.5 Å². The molecule has 2 aromatic rings. The van der Waals surface area contributed by atoms with Crippen molar-refractivity contribution in [3.05, 3.63) is 35.9 Å². The van der Waals surface area contributed by atoms with Crippen LogP contribution in [0.4, 0.5) is 0 Å². The van der Waals surface area contributed by atoms with Gasteiger partial charge in [0.1, 0.15) is 12.2 Å². The molecule has 0 saturated heterocycles. The molecule has 0 amide bonds. The van der Waals surface area contributed by atoms with Gasteiger partial charge in [-0.25, -0.2) is 4.99 Å². The van der Waals surface area contributed by atoms with Crippen LogP contribution >= 0.6 is 0 Å². The van der Waals surface area contributed by atoms with E-state index in [1.54, 1.807) is 13.4 Å². The fourth-order valence-corrected chi connectivity index (χ4v) is 2.63. The molecule has 0 bridgehead atoms. The number of nitrogens with zero attached hydrogens (tertiary/aromatic N) is 4. The van der Waals surface area contributed by atoms with E-state index in [1.165, 1.54) is 0 Å². The third kappa shape index (κ3) is 6.16. The molecule has 8 heteroatoms. The number of methoxy groups -OCH3 is 1. The fourth-order valence-electron chi connectivity index (χ4n) is 2.63. The summed E-state index contributed by atoms with van der Waals surface area (Å²) in [5.41, 5.74) is 1.06. The molecule has 27 heavy (non-hydrogen) atoms. The number of rotatable bonds is 10. The Kier molecular flexibility index (Phi) is 8.41. The van der Waals surface area contributed by atoms with Crippen LogP contribution in [0.2, 0.25) is 0 Å². The smallest absolute Gasteiger partial charge is 0.191 e. The quantitative estimate of drug-likeness (QED) is 0.489. The molecule has 0 aliphatic rings. The Morgan fingerprint density at radius 3 is 2.74 bits per heavy atom. The van der Waals surface area contributed by atoms with Crippen LogP contribution in [0.3, 0.4) is 0 Å². The molecule has 0 aliphatic heterocycles. The molecular weight excluding hydrogens is 344 g/mol. The van der Waals surface area contributed by atoms with Gasteiger partial charge in [-0.1, -0.05) is 13.0 Å². The summed E-state index contributed by atoms with van der Waals surface area (Å²) < 4.78 is 13.0. The number of guanidine groups is 1. The number of aryl methyl sites for hydroxylation is 1. The average Bonchev–Trinajstić information content (AvgIpc) is 3.14. The van der Waals surface area contributed by atoms with E-state index < -0.39 is 0 Å². The van der Waals surface area contributed by atoms with Crippen molar-refractivity contribution in [1.82, 2.24) is 25.4 Å². The van der Waals surface area contributed by atoms with Crippen LogP contribution in [-0.4, -0.2) is 47.5 Å². The Morgan fingerprint density at radius 2 is 2.04 bits per heavy atom. The predicted octanol–water partition coefficient (Wildman–Crippen LogP) is 2.00. The third-order valence-corrected chi connectivity index (χ3v) is 3.95. The minimum Gasteiger partial charge on any atom is -0.493 e. The molecular formula is C19H30N6O2. The van der Waals surface area contributed by atoms with E-state index in [0.29, 0.717) is 13.2 Å². The summed E-state index contributed by atoms with van der Waals surface area (Å²) in [5.74, 6) is 3.23. The van der Waals surface area contributed by atoms with Crippen LogP contribution in [0.5, 0.6) is 11.5 Å². The molecule has 0 unspecified atom stereocenters. The van der Waals surface area contributed by atoms with E-state index in [9.17, 15) is 0 Å². The second-order valence-electron chi connectivity index (χ2n) is 5.83. The molecule has 0 saturated carbocycles. The van der Waals surface area contributed by atoms with E-state index >= 15 is 0 Å². The van der Waals surface area contributed by atoms with Gasteiger partial charge < -0.3 is 24.7 Å². The molecule has 1 aromatic carbocycles. The van der Waals surface area contributed by atoms with Crippen molar-refractivity contribution in [2.45, 2.75) is 40.3 Å². The lowest BCUT2D eigenvalue weighted by atomic mass is 10.2. The van der Waals surface area contributed by atoms with Gasteiger partial charge in [0.2, 0.25) is 0 Å². The first-order valence-electron chi connectivity index (χ1n) is 9.40. The second kappa shape index (κ2) is 11.1. The standard InChI is InChI=1S/C19H30N6O2/c1-5-18-24-23-14-25(18)11-10-21-19(20-6-2)22-13-15-8-9-16(26-4)17(12-15)27-7-3/h8-9,12,14H,5-7,10-11,13H2,1-4H3,(H2,20,21,22). The molecule has 1 heterocycles. The highest BCUT2D eigenvalue weighted by Crippen LogP contribution is 2.28. The first-order valence-corrected chi connectivity index (χ1v) is 9.40. The van der Waals surface area contributed by atoms with Gasteiger partial charge in [0.05, 0.1) is 20.3 Å². The Hall–Kier alpha value is -2.77. The maximum absolute atomic E-state index is 5.63. The van der Waals surface area contributed by atoms with Crippen molar-refractivity contribution in [3.8, 4) is 11.5 Å². The largest absolute Gasteiger partial charge is 0.493 e. The molecule has 2 rings (SSSR count). The lowest BCUT2D eigenvalue weighted by Gasteiger charge is -2.13. The summed E-state index contributed by atoms with van der Waals surface area (Å²) in [6.07, 6.45) is 2.63. The molecule has 0 atom stereocenters. The van der Waals surface area contributed by atoms with Gasteiger partial charge >= 0.3 is 0 Å². The molecule has 0 fully saturated rings. The van der Waals surface area contributed by atoms with Crippen molar-refractivity contribution in [3.63, 3.8) is 0 Å². The summed E-state index contributed by atoms with van der Waals surface area (Å²) in [4.78, 5) is 4.66. The Bertz CT molecular complexity index is 729. The number of aromatic nitrogens is 3. The zero-order valence-corrected chi connectivity index (χ0v) is 16.7. The van der Waals surface area contributed by atoms with Crippen LogP contribution in [-0.2, 0) is 19.5 Å². The molecule has 8 nitrogen and oxygen atoms in total. The number of aliphatic imine (C=N–C) groups is 1. The number of benzene rings is 1. The van der Waals surface area contributed by atoms with E-state index in [2.05, 4.69) is 37.3 Å². The number of hydrogen-bond donors (Lipinski definition) is 2. The number of ether oxygens (including phenoxy) is 2. The van der Waals surface area contributed by atoms with Gasteiger partial charge in [0.25, 0.3) is 0 Å². The lowest BCUT2D eigenvalue weighted by Crippen LogP contribution is -2.38. The molecule has 148 valence electrons. The zero-order valence-electron chi connectivity index (χ0n) is 16.7. The molecule has 0 radical (unpaired) electrons. The zero-order chi connectivity index (χ0) is 19.5. The lowest BCUT2D eigenvalue weighted by molar-refractivity contribution is 0.310. The molecule has 1 aromatic heterocycles. The first-order chi connectivity index (χ1) is 13.2. The topological polar surface area (TPSA) is 85.6 Å². The fraction of sp³-hybridized carbons (Fsp3) is 0.526. The second-order valence-corrected chi connectivity index (χ2v) is 5.83. The highest BCUT2D eigenvalue weighted by Gasteiger charge is 2.06. The Labute approximate surface area is 161 Å². The molecule has 2 N–H and O–H groups in total. The first kappa shape index (κ1) is 20.5. The highest BCUT2D eigenvalue weighted by molar-refractivity contribution is 5.79. The molecule has 0 spiro atoms. The minimum atomic E-state index is 0.548. The Balaban J connectivity index is 1.97. The summed E-state index contributed by atoms with van der Waals surface area (Å²) in [7, 11) is 1.64. The van der Waals surface area contributed by atoms with Crippen molar-refractivity contribution in [1.29, 1.82) is 0 Å². The van der Waals surface area contributed by atoms with Gasteiger partial charge in [-0.3, -0.25) is 0 Å². The van der Waals surface area contributed by atoms with Crippen LogP contribution in [0.25, 0.3) is 0 Å². The normalized spacial score (nSPS) is 11.3. The van der Waals surface area contributed by atoms with Crippen LogP contribution in [0, 0.1) is 0 Å². The van der Waals surface area contributed by atoms with E-state index in [4.69, 9.17) is 9.47 Å². The highest BCUT2D eigenvalue weighted by atomic mass is 16.5. The third-order valence-electron chi connectivity index (χ3n) is 3.95. The summed E-state index contributed by atoms with van der Waals surface area (Å²) in [6.45, 7) is 9.55. The van der Waals surface area contributed by atoms with Gasteiger partial charge in [-0.15, -0.1) is 10.2 Å². The maximum Gasteiger partial charge on any atom is 0.191 e. The summed E-state index contributed by atoms with van der Waals surface area (Å²) >= 11 is 0.